The van der Waals surface area contributed by atoms with E-state index in [-0.39, 0.29) is 0 Å². The van der Waals surface area contributed by atoms with E-state index in [4.69, 9.17) is 24.4 Å². The van der Waals surface area contributed by atoms with Crippen LogP contribution in [-0.4, -0.2) is 19.9 Å². The third kappa shape index (κ3) is 5.63. The Hall–Kier alpha value is -8.28. The van der Waals surface area contributed by atoms with E-state index in [2.05, 4.69) is 127 Å². The first kappa shape index (κ1) is 35.6. The van der Waals surface area contributed by atoms with Crippen molar-refractivity contribution in [3.63, 3.8) is 0 Å². The van der Waals surface area contributed by atoms with Crippen LogP contribution in [0.1, 0.15) is 22.3 Å². The normalized spacial score (nSPS) is 12.6. The fourth-order valence-corrected chi connectivity index (χ4v) is 9.52. The Balaban J connectivity index is 1.14. The summed E-state index contributed by atoms with van der Waals surface area (Å²) in [6.45, 7) is 0. The van der Waals surface area contributed by atoms with Crippen molar-refractivity contribution in [2.45, 2.75) is 5.41 Å². The van der Waals surface area contributed by atoms with Crippen LogP contribution in [0.2, 0.25) is 0 Å². The lowest BCUT2D eigenvalue weighted by molar-refractivity contribution is 0.669. The zero-order valence-corrected chi connectivity index (χ0v) is 33.5. The summed E-state index contributed by atoms with van der Waals surface area (Å²) in [5.74, 6) is 1.78. The van der Waals surface area contributed by atoms with E-state index < -0.39 is 5.41 Å². The number of nitrogens with zero attached hydrogens (tertiary/aromatic N) is 4. The first-order valence-corrected chi connectivity index (χ1v) is 20.9. The van der Waals surface area contributed by atoms with Crippen molar-refractivity contribution in [3.8, 4) is 67.5 Å². The molecule has 5 nitrogen and oxygen atoms in total. The molecule has 290 valence electrons. The van der Waals surface area contributed by atoms with E-state index in [1.54, 1.807) is 0 Å². The molecule has 0 N–H and O–H groups in total. The second kappa shape index (κ2) is 14.5. The van der Waals surface area contributed by atoms with Gasteiger partial charge in [0.1, 0.15) is 11.1 Å². The van der Waals surface area contributed by atoms with Gasteiger partial charge in [0.05, 0.1) is 5.41 Å². The third-order valence-corrected chi connectivity index (χ3v) is 12.3. The number of fused-ring (bicyclic) bond motifs is 6. The number of hydrogen-bond acceptors (Lipinski definition) is 5. The van der Waals surface area contributed by atoms with Gasteiger partial charge in [-0.05, 0) is 80.4 Å². The van der Waals surface area contributed by atoms with E-state index in [0.717, 1.165) is 61.0 Å². The summed E-state index contributed by atoms with van der Waals surface area (Å²) in [6.07, 6.45) is 1.86. The third-order valence-electron chi connectivity index (χ3n) is 12.3. The number of hydrogen-bond donors (Lipinski definition) is 0. The summed E-state index contributed by atoms with van der Waals surface area (Å²) >= 11 is 0. The van der Waals surface area contributed by atoms with Gasteiger partial charge in [-0.1, -0.05) is 182 Å². The minimum atomic E-state index is -0.553. The van der Waals surface area contributed by atoms with Gasteiger partial charge < -0.3 is 4.42 Å². The van der Waals surface area contributed by atoms with Crippen LogP contribution in [0.5, 0.6) is 0 Å². The molecule has 1 aliphatic rings. The van der Waals surface area contributed by atoms with Gasteiger partial charge in [0.15, 0.2) is 23.1 Å². The minimum Gasteiger partial charge on any atom is -0.454 e. The van der Waals surface area contributed by atoms with Crippen molar-refractivity contribution in [1.29, 1.82) is 0 Å². The predicted molar refractivity (Wildman–Crippen MR) is 249 cm³/mol. The number of aromatic nitrogens is 4. The van der Waals surface area contributed by atoms with Gasteiger partial charge in [0.2, 0.25) is 0 Å². The van der Waals surface area contributed by atoms with Crippen molar-refractivity contribution in [1.82, 2.24) is 19.9 Å². The Morgan fingerprint density at radius 1 is 0.355 bits per heavy atom. The second-order valence-corrected chi connectivity index (χ2v) is 15.7. The molecule has 0 saturated carbocycles. The molecular weight excluding hydrogens is 757 g/mol. The monoisotopic (exact) mass is 792 g/mol. The first-order valence-electron chi connectivity index (χ1n) is 20.9. The number of furan rings is 1. The Morgan fingerprint density at radius 3 is 1.56 bits per heavy atom. The number of para-hydroxylation sites is 1. The summed E-state index contributed by atoms with van der Waals surface area (Å²) in [4.78, 5) is 20.4. The highest BCUT2D eigenvalue weighted by atomic mass is 16.3. The standard InChI is InChI=1S/C57H36N4O/c1-5-17-37(18-6-1)54-59-55(38-19-7-2-8-20-38)61-56(60-54)48-35-39(44-33-34-58-52-47-26-14-16-28-51(47)62-53(44)52)29-31-43(48)40-30-32-46-45-25-13-15-27-49(45)57(50(46)36-40,41-21-9-3-10-22-41)42-23-11-4-12-24-42/h1-36H. The summed E-state index contributed by atoms with van der Waals surface area (Å²) in [7, 11) is 0. The molecule has 0 saturated heterocycles. The first-order chi connectivity index (χ1) is 30.7. The highest BCUT2D eigenvalue weighted by Gasteiger charge is 2.46. The van der Waals surface area contributed by atoms with Crippen LogP contribution in [0.15, 0.2) is 223 Å². The van der Waals surface area contributed by atoms with Crippen molar-refractivity contribution in [3.05, 3.63) is 241 Å². The SMILES string of the molecule is c1ccc(-c2nc(-c3ccccc3)nc(-c3cc(-c4ccnc5c4oc4ccccc45)ccc3-c3ccc4c(c3)C(c3ccccc3)(c3ccccc3)c3ccccc3-4)n2)cc1. The van der Waals surface area contributed by atoms with E-state index in [9.17, 15) is 0 Å². The molecule has 11 aromatic rings. The predicted octanol–water partition coefficient (Wildman–Crippen LogP) is 13.9. The molecule has 1 aliphatic carbocycles. The summed E-state index contributed by atoms with van der Waals surface area (Å²) in [5.41, 5.74) is 15.9. The summed E-state index contributed by atoms with van der Waals surface area (Å²) < 4.78 is 6.54. The molecule has 0 radical (unpaired) electrons. The Bertz CT molecular complexity index is 3360. The lowest BCUT2D eigenvalue weighted by atomic mass is 9.67. The van der Waals surface area contributed by atoms with Crippen LogP contribution in [0.25, 0.3) is 89.6 Å². The molecule has 0 unspecified atom stereocenters. The van der Waals surface area contributed by atoms with E-state index >= 15 is 0 Å². The molecule has 0 spiro atoms. The minimum absolute atomic E-state index is 0.553. The zero-order chi connectivity index (χ0) is 41.0. The van der Waals surface area contributed by atoms with Crippen LogP contribution >= 0.6 is 0 Å². The molecule has 0 fully saturated rings. The molecule has 12 rings (SSSR count). The lowest BCUT2D eigenvalue weighted by Gasteiger charge is -2.34. The maximum absolute atomic E-state index is 6.54. The Morgan fingerprint density at radius 2 is 0.887 bits per heavy atom. The smallest absolute Gasteiger partial charge is 0.164 e. The fourth-order valence-electron chi connectivity index (χ4n) is 9.52. The van der Waals surface area contributed by atoms with Crippen LogP contribution in [-0.2, 0) is 5.41 Å². The quantitative estimate of drug-likeness (QED) is 0.161. The van der Waals surface area contributed by atoms with E-state index in [0.29, 0.717) is 17.5 Å². The van der Waals surface area contributed by atoms with Gasteiger partial charge >= 0.3 is 0 Å². The number of rotatable bonds is 7. The molecule has 0 atom stereocenters. The molecule has 8 aromatic carbocycles. The van der Waals surface area contributed by atoms with Gasteiger partial charge in [-0.15, -0.1) is 0 Å². The Labute approximate surface area is 358 Å². The summed E-state index contributed by atoms with van der Waals surface area (Å²) in [6, 6.07) is 74.6. The molecule has 3 aromatic heterocycles. The molecule has 0 amide bonds. The van der Waals surface area contributed by atoms with Gasteiger partial charge in [0, 0.05) is 33.8 Å². The van der Waals surface area contributed by atoms with Gasteiger partial charge in [-0.25, -0.2) is 15.0 Å². The number of pyridine rings is 1. The lowest BCUT2D eigenvalue weighted by Crippen LogP contribution is -2.28. The highest BCUT2D eigenvalue weighted by Crippen LogP contribution is 2.57. The molecule has 62 heavy (non-hydrogen) atoms. The van der Waals surface area contributed by atoms with Crippen LogP contribution in [0.3, 0.4) is 0 Å². The topological polar surface area (TPSA) is 64.7 Å². The number of benzene rings is 8. The molecule has 0 bridgehead atoms. The molecule has 5 heteroatoms. The van der Waals surface area contributed by atoms with Crippen LogP contribution in [0, 0.1) is 0 Å². The fraction of sp³-hybridized carbons (Fsp3) is 0.0175. The van der Waals surface area contributed by atoms with Gasteiger partial charge in [0.25, 0.3) is 0 Å². The second-order valence-electron chi connectivity index (χ2n) is 15.7. The van der Waals surface area contributed by atoms with Gasteiger partial charge in [-0.2, -0.15) is 0 Å². The molecular formula is C57H36N4O. The van der Waals surface area contributed by atoms with Crippen molar-refractivity contribution in [2.24, 2.45) is 0 Å². The highest BCUT2D eigenvalue weighted by molar-refractivity contribution is 6.07. The summed E-state index contributed by atoms with van der Waals surface area (Å²) in [5, 5.41) is 0.984. The average molecular weight is 793 g/mol. The van der Waals surface area contributed by atoms with E-state index in [1.807, 2.05) is 91.1 Å². The maximum Gasteiger partial charge on any atom is 0.164 e. The zero-order valence-electron chi connectivity index (χ0n) is 33.5. The average Bonchev–Trinajstić information content (AvgIpc) is 3.89. The van der Waals surface area contributed by atoms with Gasteiger partial charge in [-0.3, -0.25) is 4.98 Å². The van der Waals surface area contributed by atoms with Crippen LogP contribution < -0.4 is 0 Å². The van der Waals surface area contributed by atoms with E-state index in [1.165, 1.54) is 33.4 Å². The van der Waals surface area contributed by atoms with Crippen molar-refractivity contribution in [2.75, 3.05) is 0 Å². The molecule has 0 aliphatic heterocycles. The largest absolute Gasteiger partial charge is 0.454 e. The van der Waals surface area contributed by atoms with Crippen LogP contribution in [0.4, 0.5) is 0 Å². The Kier molecular flexibility index (Phi) is 8.32. The van der Waals surface area contributed by atoms with Crippen molar-refractivity contribution >= 4 is 22.1 Å². The maximum atomic E-state index is 6.54. The molecule has 3 heterocycles. The van der Waals surface area contributed by atoms with Crippen molar-refractivity contribution < 1.29 is 4.42 Å².